The van der Waals surface area contributed by atoms with Crippen LogP contribution in [0, 0.1) is 64.0 Å². The summed E-state index contributed by atoms with van der Waals surface area (Å²) in [6, 6.07) is 5.52. The lowest BCUT2D eigenvalue weighted by Crippen LogP contribution is -2.58. The molecule has 1 spiro atoms. The van der Waals surface area contributed by atoms with Gasteiger partial charge in [-0.1, -0.05) is 49.1 Å². The summed E-state index contributed by atoms with van der Waals surface area (Å²) in [7, 11) is 0. The highest BCUT2D eigenvalue weighted by molar-refractivity contribution is 5.80. The minimum absolute atomic E-state index is 0.103. The highest BCUT2D eigenvalue weighted by atomic mass is 19.2. The fraction of sp³-hybridized carbons (Fsp3) is 0.465. The Labute approximate surface area is 322 Å². The SMILES string of the molecule is C#CC12CC3c4c(F)cc(F)c(c4F)NC4CCCCC5Nc6c(F)cc(F)c(c6F)C3(C1)CC(C(=O)OCc1ccccc1)(C2)C1C(F)=C(NC45)C(F)CC1F. The largest absolute Gasteiger partial charge is 0.460 e. The van der Waals surface area contributed by atoms with Gasteiger partial charge in [0, 0.05) is 58.5 Å². The molecule has 9 rings (SSSR count). The number of benzene rings is 3. The molecule has 3 N–H and O–H groups in total. The normalized spacial score (nSPS) is 35.0. The summed E-state index contributed by atoms with van der Waals surface area (Å²) in [4.78, 5) is 15.0. The molecule has 14 heteroatoms. The Kier molecular flexibility index (Phi) is 8.86. The van der Waals surface area contributed by atoms with E-state index in [1.807, 2.05) is 0 Å². The van der Waals surface area contributed by atoms with Gasteiger partial charge in [0.1, 0.15) is 47.8 Å². The molecule has 6 aliphatic rings. The van der Waals surface area contributed by atoms with Crippen LogP contribution in [0.1, 0.15) is 80.4 Å². The number of rotatable bonds is 3. The zero-order valence-electron chi connectivity index (χ0n) is 30.4. The average Bonchev–Trinajstić information content (AvgIpc) is 3.26. The van der Waals surface area contributed by atoms with Gasteiger partial charge >= 0.3 is 5.97 Å². The van der Waals surface area contributed by atoms with E-state index in [-0.39, 0.29) is 12.8 Å². The summed E-state index contributed by atoms with van der Waals surface area (Å²) in [5.41, 5.74) is -10.2. The number of halogens is 9. The zero-order valence-corrected chi connectivity index (χ0v) is 30.4. The molecule has 4 aliphatic carbocycles. The smallest absolute Gasteiger partial charge is 0.313 e. The number of nitrogens with one attached hydrogen (secondary N) is 3. The van der Waals surface area contributed by atoms with Gasteiger partial charge in [0.05, 0.1) is 23.1 Å². The van der Waals surface area contributed by atoms with Crippen molar-refractivity contribution in [1.82, 2.24) is 5.32 Å². The molecule has 3 saturated carbocycles. The molecule has 2 aliphatic heterocycles. The number of allylic oxidation sites excluding steroid dienone is 2. The van der Waals surface area contributed by atoms with E-state index < -0.39 is 172 Å². The summed E-state index contributed by atoms with van der Waals surface area (Å²) in [6.07, 6.45) is -0.996. The molecule has 5 nitrogen and oxygen atoms in total. The van der Waals surface area contributed by atoms with Crippen molar-refractivity contribution in [3.8, 4) is 12.3 Å². The van der Waals surface area contributed by atoms with Crippen molar-refractivity contribution in [2.75, 3.05) is 10.6 Å². The molecule has 2 heterocycles. The van der Waals surface area contributed by atoms with Gasteiger partial charge in [0.15, 0.2) is 23.3 Å². The molecular formula is C43H38F9N3O2. The number of hydrogen-bond donors (Lipinski definition) is 3. The van der Waals surface area contributed by atoms with Gasteiger partial charge in [-0.15, -0.1) is 6.42 Å². The number of terminal acetylenes is 1. The first kappa shape index (κ1) is 37.8. The number of ether oxygens (including phenoxy) is 1. The molecule has 300 valence electrons. The van der Waals surface area contributed by atoms with Crippen LogP contribution in [0.5, 0.6) is 0 Å². The molecule has 3 aromatic carbocycles. The van der Waals surface area contributed by atoms with E-state index in [4.69, 9.17) is 11.2 Å². The molecule has 10 unspecified atom stereocenters. The second-order valence-electron chi connectivity index (χ2n) is 16.8. The number of carbonyl (C=O) groups is 1. The van der Waals surface area contributed by atoms with E-state index in [9.17, 15) is 0 Å². The lowest BCUT2D eigenvalue weighted by Gasteiger charge is -2.53. The van der Waals surface area contributed by atoms with Gasteiger partial charge in [-0.25, -0.2) is 39.5 Å². The van der Waals surface area contributed by atoms with E-state index in [0.29, 0.717) is 30.5 Å². The average molecular weight is 800 g/mol. The van der Waals surface area contributed by atoms with Crippen molar-refractivity contribution in [1.29, 1.82) is 0 Å². The number of fused-ring (bicyclic) bond motifs is 7. The Balaban J connectivity index is 1.43. The Morgan fingerprint density at radius 1 is 0.825 bits per heavy atom. The summed E-state index contributed by atoms with van der Waals surface area (Å²) < 4.78 is 157. The summed E-state index contributed by atoms with van der Waals surface area (Å²) in [5.74, 6) is -12.5. The Bertz CT molecular complexity index is 2250. The van der Waals surface area contributed by atoms with Crippen LogP contribution >= 0.6 is 0 Å². The molecule has 0 amide bonds. The van der Waals surface area contributed by atoms with Gasteiger partial charge in [0.25, 0.3) is 0 Å². The van der Waals surface area contributed by atoms with Crippen molar-refractivity contribution in [3.63, 3.8) is 0 Å². The van der Waals surface area contributed by atoms with E-state index >= 15 is 44.3 Å². The molecule has 3 aromatic rings. The van der Waals surface area contributed by atoms with Crippen LogP contribution in [-0.4, -0.2) is 36.4 Å². The fourth-order valence-electron chi connectivity index (χ4n) is 11.5. The van der Waals surface area contributed by atoms with Crippen LogP contribution in [0.4, 0.5) is 50.9 Å². The first-order valence-electron chi connectivity index (χ1n) is 19.2. The topological polar surface area (TPSA) is 62.4 Å². The quantitative estimate of drug-likeness (QED) is 0.140. The Hall–Kier alpha value is -4.80. The fourth-order valence-corrected chi connectivity index (χ4v) is 11.5. The zero-order chi connectivity index (χ0) is 40.2. The molecule has 12 bridgehead atoms. The van der Waals surface area contributed by atoms with Crippen molar-refractivity contribution in [2.24, 2.45) is 16.7 Å². The maximum absolute atomic E-state index is 17.7. The third-order valence-corrected chi connectivity index (χ3v) is 13.7. The number of carbonyl (C=O) groups excluding carboxylic acids is 1. The molecular weight excluding hydrogens is 761 g/mol. The molecule has 0 radical (unpaired) electrons. The van der Waals surface area contributed by atoms with Crippen molar-refractivity contribution in [3.05, 3.63) is 106 Å². The van der Waals surface area contributed by atoms with Gasteiger partial charge in [0.2, 0.25) is 0 Å². The number of esters is 1. The maximum atomic E-state index is 17.7. The minimum atomic E-state index is -2.49. The molecule has 0 aromatic heterocycles. The second kappa shape index (κ2) is 13.4. The van der Waals surface area contributed by atoms with Crippen LogP contribution in [0.3, 0.4) is 0 Å². The van der Waals surface area contributed by atoms with Gasteiger partial charge < -0.3 is 20.7 Å². The minimum Gasteiger partial charge on any atom is -0.460 e. The highest BCUT2D eigenvalue weighted by Gasteiger charge is 2.72. The highest BCUT2D eigenvalue weighted by Crippen LogP contribution is 2.73. The van der Waals surface area contributed by atoms with Crippen LogP contribution in [0.25, 0.3) is 0 Å². The molecule has 0 saturated heterocycles. The summed E-state index contributed by atoms with van der Waals surface area (Å²) in [5, 5.41) is 8.45. The third kappa shape index (κ3) is 5.57. The van der Waals surface area contributed by atoms with Crippen molar-refractivity contribution >= 4 is 17.3 Å². The van der Waals surface area contributed by atoms with Crippen molar-refractivity contribution < 1.29 is 49.0 Å². The van der Waals surface area contributed by atoms with Gasteiger partial charge in [-0.05, 0) is 44.1 Å². The number of hydrogen-bond acceptors (Lipinski definition) is 5. The van der Waals surface area contributed by atoms with Crippen LogP contribution in [0.15, 0.2) is 54.0 Å². The van der Waals surface area contributed by atoms with E-state index in [2.05, 4.69) is 21.9 Å². The third-order valence-electron chi connectivity index (χ3n) is 13.7. The van der Waals surface area contributed by atoms with Crippen LogP contribution in [-0.2, 0) is 21.6 Å². The maximum Gasteiger partial charge on any atom is 0.313 e. The van der Waals surface area contributed by atoms with E-state index in [1.54, 1.807) is 30.3 Å². The Morgan fingerprint density at radius 3 is 2.14 bits per heavy atom. The molecule has 10 atom stereocenters. The monoisotopic (exact) mass is 799 g/mol. The van der Waals surface area contributed by atoms with Gasteiger partial charge in [-0.3, -0.25) is 4.79 Å². The molecule has 3 fully saturated rings. The first-order chi connectivity index (χ1) is 27.2. The van der Waals surface area contributed by atoms with Gasteiger partial charge in [-0.2, -0.15) is 0 Å². The number of alkyl halides is 2. The lowest BCUT2D eigenvalue weighted by molar-refractivity contribution is -0.171. The predicted octanol–water partition coefficient (Wildman–Crippen LogP) is 9.48. The summed E-state index contributed by atoms with van der Waals surface area (Å²) in [6.45, 7) is -0.415. The molecule has 57 heavy (non-hydrogen) atoms. The lowest BCUT2D eigenvalue weighted by atomic mass is 9.49. The second-order valence-corrected chi connectivity index (χ2v) is 16.8. The van der Waals surface area contributed by atoms with Crippen LogP contribution in [0.2, 0.25) is 0 Å². The van der Waals surface area contributed by atoms with Crippen LogP contribution < -0.4 is 16.0 Å². The first-order valence-corrected chi connectivity index (χ1v) is 19.2. The van der Waals surface area contributed by atoms with E-state index in [1.165, 1.54) is 0 Å². The van der Waals surface area contributed by atoms with E-state index in [0.717, 1.165) is 0 Å². The standard InChI is InChI=1S/C43H38F9N3O2/c1-2-41-15-21-30-22(44)12-25(47)36(33(30)50)53-28-10-6-7-11-29-39(28)55-38-27(49)14-24(46)32(35(38)52)43(18-41,40(56)57-16-20-8-4-3-5-9-20)19-42(21,17-41)31-23(45)13-26(48)37(54-29)34(31)51/h1,3-5,8-9,12-13,21,24,27-29,32,39,53-55H,6-7,10-11,14-19H2. The number of anilines is 2. The van der Waals surface area contributed by atoms with Crippen molar-refractivity contribution in [2.45, 2.75) is 106 Å². The Morgan fingerprint density at radius 2 is 1.47 bits per heavy atom. The summed E-state index contributed by atoms with van der Waals surface area (Å²) >= 11 is 0. The predicted molar refractivity (Wildman–Crippen MR) is 192 cm³/mol.